The van der Waals surface area contributed by atoms with Gasteiger partial charge in [0.2, 0.25) is 0 Å². The summed E-state index contributed by atoms with van der Waals surface area (Å²) in [4.78, 5) is 29.3. The average Bonchev–Trinajstić information content (AvgIpc) is 3.27. The lowest BCUT2D eigenvalue weighted by Crippen LogP contribution is -2.11. The number of hydrogen-bond donors (Lipinski definition) is 0. The Morgan fingerprint density at radius 1 is 0.968 bits per heavy atom. The number of carbonyl (C=O) groups excluding carboxylic acids is 2. The normalized spacial score (nSPS) is 10.5. The highest BCUT2D eigenvalue weighted by Gasteiger charge is 2.17. The molecule has 0 N–H and O–H groups in total. The summed E-state index contributed by atoms with van der Waals surface area (Å²) in [6.07, 6.45) is 0.741. The number of rotatable bonds is 10. The lowest BCUT2D eigenvalue weighted by molar-refractivity contribution is 0.0597. The lowest BCUT2D eigenvalue weighted by Gasteiger charge is -2.11. The van der Waals surface area contributed by atoms with Crippen molar-refractivity contribution in [2.75, 3.05) is 20.3 Å². The van der Waals surface area contributed by atoms with Crippen molar-refractivity contribution in [1.82, 2.24) is 4.98 Å². The van der Waals surface area contributed by atoms with E-state index in [0.717, 1.165) is 16.3 Å². The third kappa shape index (κ3) is 5.49. The Kier molecular flexibility index (Phi) is 7.78. The van der Waals surface area contributed by atoms with Crippen LogP contribution in [0.5, 0.6) is 11.5 Å². The van der Waals surface area contributed by atoms with Gasteiger partial charge in [0.25, 0.3) is 0 Å². The van der Waals surface area contributed by atoms with Gasteiger partial charge in [0.1, 0.15) is 5.01 Å². The van der Waals surface area contributed by atoms with Gasteiger partial charge in [-0.3, -0.25) is 4.79 Å². The fourth-order valence-corrected chi connectivity index (χ4v) is 3.98. The highest BCUT2D eigenvalue weighted by atomic mass is 32.1. The second-order valence-electron chi connectivity index (χ2n) is 6.63. The third-order valence-electron chi connectivity index (χ3n) is 4.58. The molecule has 0 bridgehead atoms. The van der Waals surface area contributed by atoms with Crippen molar-refractivity contribution in [2.45, 2.75) is 26.7 Å². The molecule has 3 rings (SSSR count). The zero-order valence-electron chi connectivity index (χ0n) is 17.8. The molecule has 1 aromatic heterocycles. The van der Waals surface area contributed by atoms with E-state index in [1.165, 1.54) is 18.4 Å². The summed E-state index contributed by atoms with van der Waals surface area (Å²) in [5.41, 5.74) is 2.42. The van der Waals surface area contributed by atoms with Crippen molar-refractivity contribution in [3.05, 3.63) is 64.7 Å². The SMILES string of the molecule is CCOc1ccc(-c2nc(CCC(=O)c3ccccc3C(=O)OC)cs2)cc1OCC. The highest BCUT2D eigenvalue weighted by Crippen LogP contribution is 2.34. The Hall–Kier alpha value is -3.19. The molecule has 0 saturated heterocycles. The van der Waals surface area contributed by atoms with Crippen molar-refractivity contribution in [2.24, 2.45) is 0 Å². The maximum atomic E-state index is 12.7. The van der Waals surface area contributed by atoms with Crippen LogP contribution in [0, 0.1) is 0 Å². The van der Waals surface area contributed by atoms with Crippen LogP contribution in [0.25, 0.3) is 10.6 Å². The van der Waals surface area contributed by atoms with Crippen molar-refractivity contribution >= 4 is 23.1 Å². The molecule has 0 aliphatic carbocycles. The number of aryl methyl sites for hydroxylation is 1. The number of carbonyl (C=O) groups is 2. The Bertz CT molecular complexity index is 1060. The molecule has 1 heterocycles. The molecule has 0 atom stereocenters. The largest absolute Gasteiger partial charge is 0.490 e. The molecule has 0 spiro atoms. The zero-order valence-corrected chi connectivity index (χ0v) is 18.7. The minimum atomic E-state index is -0.513. The summed E-state index contributed by atoms with van der Waals surface area (Å²) in [6.45, 7) is 4.97. The molecule has 2 aromatic carbocycles. The van der Waals surface area contributed by atoms with E-state index >= 15 is 0 Å². The van der Waals surface area contributed by atoms with Crippen LogP contribution < -0.4 is 9.47 Å². The fraction of sp³-hybridized carbons (Fsp3) is 0.292. The van der Waals surface area contributed by atoms with Crippen LogP contribution in [0.15, 0.2) is 47.8 Å². The van der Waals surface area contributed by atoms with Crippen LogP contribution in [0.3, 0.4) is 0 Å². The van der Waals surface area contributed by atoms with Gasteiger partial charge < -0.3 is 14.2 Å². The van der Waals surface area contributed by atoms with Gasteiger partial charge in [-0.1, -0.05) is 18.2 Å². The predicted molar refractivity (Wildman–Crippen MR) is 120 cm³/mol. The van der Waals surface area contributed by atoms with Crippen molar-refractivity contribution in [1.29, 1.82) is 0 Å². The molecule has 0 unspecified atom stereocenters. The molecule has 7 heteroatoms. The summed E-state index contributed by atoms with van der Waals surface area (Å²) >= 11 is 1.51. The number of methoxy groups -OCH3 is 1. The van der Waals surface area contributed by atoms with Gasteiger partial charge >= 0.3 is 5.97 Å². The van der Waals surface area contributed by atoms with E-state index in [1.807, 2.05) is 37.4 Å². The van der Waals surface area contributed by atoms with Gasteiger partial charge in [-0.2, -0.15) is 0 Å². The number of aromatic nitrogens is 1. The van der Waals surface area contributed by atoms with Gasteiger partial charge in [-0.25, -0.2) is 9.78 Å². The van der Waals surface area contributed by atoms with Crippen LogP contribution in [-0.2, 0) is 11.2 Å². The Balaban J connectivity index is 1.72. The number of esters is 1. The first-order valence-corrected chi connectivity index (χ1v) is 11.0. The predicted octanol–water partition coefficient (Wildman–Crippen LogP) is 5.21. The number of hydrogen-bond acceptors (Lipinski definition) is 7. The Morgan fingerprint density at radius 3 is 2.39 bits per heavy atom. The molecule has 0 amide bonds. The van der Waals surface area contributed by atoms with Crippen LogP contribution in [-0.4, -0.2) is 37.1 Å². The van der Waals surface area contributed by atoms with Crippen molar-refractivity contribution in [3.8, 4) is 22.1 Å². The molecular formula is C24H25NO5S. The zero-order chi connectivity index (χ0) is 22.2. The van der Waals surface area contributed by atoms with Gasteiger partial charge in [0, 0.05) is 22.9 Å². The monoisotopic (exact) mass is 439 g/mol. The highest BCUT2D eigenvalue weighted by molar-refractivity contribution is 7.13. The Morgan fingerprint density at radius 2 is 1.68 bits per heavy atom. The number of ketones is 1. The average molecular weight is 440 g/mol. The molecule has 6 nitrogen and oxygen atoms in total. The standard InChI is InChI=1S/C24H25NO5S/c1-4-29-21-13-10-16(14-22(21)30-5-2)23-25-17(15-31-23)11-12-20(26)18-8-6-7-9-19(18)24(27)28-3/h6-10,13-15H,4-5,11-12H2,1-3H3. The van der Waals surface area contributed by atoms with E-state index in [2.05, 4.69) is 4.98 Å². The summed E-state index contributed by atoms with van der Waals surface area (Å²) in [5.74, 6) is 0.767. The summed E-state index contributed by atoms with van der Waals surface area (Å²) in [5, 5.41) is 2.80. The van der Waals surface area contributed by atoms with Crippen LogP contribution in [0.1, 0.15) is 46.7 Å². The van der Waals surface area contributed by atoms with Crippen molar-refractivity contribution < 1.29 is 23.8 Å². The van der Waals surface area contributed by atoms with E-state index < -0.39 is 5.97 Å². The third-order valence-corrected chi connectivity index (χ3v) is 5.52. The number of ether oxygens (including phenoxy) is 3. The van der Waals surface area contributed by atoms with Gasteiger partial charge in [0.15, 0.2) is 17.3 Å². The lowest BCUT2D eigenvalue weighted by atomic mass is 10.00. The summed E-state index contributed by atoms with van der Waals surface area (Å²) < 4.78 is 16.1. The number of benzene rings is 2. The first-order valence-electron chi connectivity index (χ1n) is 10.1. The minimum Gasteiger partial charge on any atom is -0.490 e. The molecule has 0 aliphatic rings. The molecule has 0 saturated carbocycles. The number of thiazole rings is 1. The summed E-state index contributed by atoms with van der Waals surface area (Å²) in [6, 6.07) is 12.5. The minimum absolute atomic E-state index is 0.116. The second-order valence-corrected chi connectivity index (χ2v) is 7.49. The van der Waals surface area contributed by atoms with E-state index in [-0.39, 0.29) is 17.8 Å². The molecule has 31 heavy (non-hydrogen) atoms. The fourth-order valence-electron chi connectivity index (χ4n) is 3.13. The maximum absolute atomic E-state index is 12.7. The molecule has 0 aliphatic heterocycles. The first kappa shape index (κ1) is 22.5. The number of nitrogens with zero attached hydrogens (tertiary/aromatic N) is 1. The van der Waals surface area contributed by atoms with E-state index in [4.69, 9.17) is 14.2 Å². The topological polar surface area (TPSA) is 74.7 Å². The Labute approximate surface area is 185 Å². The molecule has 3 aromatic rings. The smallest absolute Gasteiger partial charge is 0.338 e. The molecular weight excluding hydrogens is 414 g/mol. The molecule has 0 fully saturated rings. The van der Waals surface area contributed by atoms with Gasteiger partial charge in [-0.15, -0.1) is 11.3 Å². The summed E-state index contributed by atoms with van der Waals surface area (Å²) in [7, 11) is 1.30. The van der Waals surface area contributed by atoms with Gasteiger partial charge in [0.05, 0.1) is 31.6 Å². The molecule has 162 valence electrons. The van der Waals surface area contributed by atoms with Crippen LogP contribution >= 0.6 is 11.3 Å². The van der Waals surface area contributed by atoms with Crippen LogP contribution in [0.2, 0.25) is 0 Å². The maximum Gasteiger partial charge on any atom is 0.338 e. The van der Waals surface area contributed by atoms with E-state index in [1.54, 1.807) is 24.3 Å². The molecule has 0 radical (unpaired) electrons. The van der Waals surface area contributed by atoms with Gasteiger partial charge in [-0.05, 0) is 44.5 Å². The van der Waals surface area contributed by atoms with Crippen molar-refractivity contribution in [3.63, 3.8) is 0 Å². The van der Waals surface area contributed by atoms with Crippen LogP contribution in [0.4, 0.5) is 0 Å². The second kappa shape index (κ2) is 10.7. The van der Waals surface area contributed by atoms with E-state index in [9.17, 15) is 9.59 Å². The first-order chi connectivity index (χ1) is 15.1. The van der Waals surface area contributed by atoms with E-state index in [0.29, 0.717) is 36.7 Å². The number of Topliss-reactive ketones (excluding diaryl/α,β-unsaturated/α-hetero) is 1. The quantitative estimate of drug-likeness (QED) is 0.319.